The van der Waals surface area contributed by atoms with E-state index in [9.17, 15) is 14.4 Å². The van der Waals surface area contributed by atoms with Crippen LogP contribution >= 0.6 is 0 Å². The van der Waals surface area contributed by atoms with Crippen molar-refractivity contribution in [1.29, 1.82) is 0 Å². The first kappa shape index (κ1) is 17.7. The Kier molecular flexibility index (Phi) is 5.40. The van der Waals surface area contributed by atoms with Gasteiger partial charge < -0.3 is 25.2 Å². The molecule has 1 amide bonds. The number of benzene rings is 1. The molecule has 0 bridgehead atoms. The Balaban J connectivity index is 2.03. The number of rotatable bonds is 7. The third kappa shape index (κ3) is 3.83. The number of carbonyl (C=O) groups excluding carboxylic acids is 2. The first-order valence-electron chi connectivity index (χ1n) is 7.49. The number of hydrogen-bond donors (Lipinski definition) is 2. The number of likely N-dealkylation sites (N-methyl/N-ethyl adjacent to an activating group) is 1. The first-order valence-corrected chi connectivity index (χ1v) is 7.49. The zero-order valence-electron chi connectivity index (χ0n) is 13.5. The van der Waals surface area contributed by atoms with E-state index in [1.54, 1.807) is 25.1 Å². The van der Waals surface area contributed by atoms with Crippen LogP contribution in [-0.2, 0) is 9.59 Å². The third-order valence-corrected chi connectivity index (χ3v) is 3.95. The average Bonchev–Trinajstić information content (AvgIpc) is 3.04. The molecule has 3 N–H and O–H groups in total. The van der Waals surface area contributed by atoms with Crippen LogP contribution in [0.1, 0.15) is 30.1 Å². The maximum absolute atomic E-state index is 12.6. The minimum absolute atomic E-state index is 0.0173. The largest absolute Gasteiger partial charge is 0.481 e. The maximum atomic E-state index is 12.6. The zero-order chi connectivity index (χ0) is 17.9. The van der Waals surface area contributed by atoms with Crippen molar-refractivity contribution in [2.75, 3.05) is 13.8 Å². The molecule has 8 nitrogen and oxygen atoms in total. The molecule has 1 heterocycles. The average molecular weight is 336 g/mol. The lowest BCUT2D eigenvalue weighted by atomic mass is 10.0. The van der Waals surface area contributed by atoms with E-state index in [2.05, 4.69) is 0 Å². The molecule has 0 saturated heterocycles. The van der Waals surface area contributed by atoms with E-state index in [0.717, 1.165) is 0 Å². The topological polar surface area (TPSA) is 119 Å². The first-order chi connectivity index (χ1) is 11.3. The highest BCUT2D eigenvalue weighted by molar-refractivity contribution is 6.02. The molecular weight excluding hydrogens is 316 g/mol. The lowest BCUT2D eigenvalue weighted by Gasteiger charge is -2.26. The van der Waals surface area contributed by atoms with E-state index in [1.165, 1.54) is 11.9 Å². The fraction of sp³-hybridized carbons (Fsp3) is 0.438. The predicted molar refractivity (Wildman–Crippen MR) is 84.0 cm³/mol. The lowest BCUT2D eigenvalue weighted by molar-refractivity contribution is -0.137. The summed E-state index contributed by atoms with van der Waals surface area (Å²) < 4.78 is 10.4. The van der Waals surface area contributed by atoms with E-state index < -0.39 is 24.0 Å². The fourth-order valence-corrected chi connectivity index (χ4v) is 2.32. The Morgan fingerprint density at radius 3 is 2.62 bits per heavy atom. The summed E-state index contributed by atoms with van der Waals surface area (Å²) in [6, 6.07) is 3.12. The van der Waals surface area contributed by atoms with Gasteiger partial charge in [0, 0.05) is 19.0 Å². The van der Waals surface area contributed by atoms with Gasteiger partial charge in [0.25, 0.3) is 0 Å². The van der Waals surface area contributed by atoms with Crippen LogP contribution in [0.3, 0.4) is 0 Å². The molecule has 1 aliphatic rings. The summed E-state index contributed by atoms with van der Waals surface area (Å²) in [6.45, 7) is 1.70. The van der Waals surface area contributed by atoms with Gasteiger partial charge in [0.2, 0.25) is 12.7 Å². The van der Waals surface area contributed by atoms with Crippen molar-refractivity contribution >= 4 is 17.7 Å². The summed E-state index contributed by atoms with van der Waals surface area (Å²) in [7, 11) is 1.47. The van der Waals surface area contributed by atoms with Crippen LogP contribution in [0.5, 0.6) is 11.5 Å². The quantitative estimate of drug-likeness (QED) is 0.701. The van der Waals surface area contributed by atoms with Crippen LogP contribution in [0.2, 0.25) is 0 Å². The molecular formula is C16H20N2O6. The number of fused-ring (bicyclic) bond motifs is 1. The molecule has 2 rings (SSSR count). The van der Waals surface area contributed by atoms with Crippen LogP contribution < -0.4 is 15.2 Å². The summed E-state index contributed by atoms with van der Waals surface area (Å²) in [6.07, 6.45) is -0.186. The molecule has 1 aromatic carbocycles. The van der Waals surface area contributed by atoms with Gasteiger partial charge in [-0.15, -0.1) is 0 Å². The minimum atomic E-state index is -1.02. The van der Waals surface area contributed by atoms with Crippen LogP contribution in [0, 0.1) is 0 Å². The molecule has 24 heavy (non-hydrogen) atoms. The van der Waals surface area contributed by atoms with Gasteiger partial charge in [-0.25, -0.2) is 0 Å². The second kappa shape index (κ2) is 7.31. The van der Waals surface area contributed by atoms with E-state index >= 15 is 0 Å². The van der Waals surface area contributed by atoms with Crippen molar-refractivity contribution in [3.05, 3.63) is 23.8 Å². The highest BCUT2D eigenvalue weighted by Crippen LogP contribution is 2.32. The van der Waals surface area contributed by atoms with Gasteiger partial charge in [0.15, 0.2) is 17.3 Å². The molecule has 0 fully saturated rings. The molecule has 0 aromatic heterocycles. The number of ketones is 1. The van der Waals surface area contributed by atoms with E-state index in [4.69, 9.17) is 20.3 Å². The van der Waals surface area contributed by atoms with Gasteiger partial charge in [-0.1, -0.05) is 0 Å². The number of aliphatic carboxylic acids is 1. The van der Waals surface area contributed by atoms with Gasteiger partial charge >= 0.3 is 5.97 Å². The fourth-order valence-electron chi connectivity index (χ4n) is 2.32. The van der Waals surface area contributed by atoms with Crippen molar-refractivity contribution in [1.82, 2.24) is 4.90 Å². The SMILES string of the molecule is C[C@H](C(=O)c1ccc2c(c1)OCO2)N(C)C(=O)[C@@H](N)CCC(=O)O. The van der Waals surface area contributed by atoms with Crippen LogP contribution in [0.4, 0.5) is 0 Å². The molecule has 1 aromatic rings. The van der Waals surface area contributed by atoms with Gasteiger partial charge in [0.05, 0.1) is 12.1 Å². The number of hydrogen-bond acceptors (Lipinski definition) is 6. The van der Waals surface area contributed by atoms with E-state index in [1.807, 2.05) is 0 Å². The number of carboxylic acid groups (broad SMARTS) is 1. The molecule has 0 radical (unpaired) electrons. The number of carbonyl (C=O) groups is 3. The molecule has 130 valence electrons. The smallest absolute Gasteiger partial charge is 0.303 e. The number of carboxylic acids is 1. The summed E-state index contributed by atoms with van der Waals surface area (Å²) in [5.74, 6) is -0.711. The second-order valence-corrected chi connectivity index (χ2v) is 5.60. The standard InChI is InChI=1S/C16H20N2O6/c1-9(18(2)16(22)11(17)4-6-14(19)20)15(21)10-3-5-12-13(7-10)24-8-23-12/h3,5,7,9,11H,4,6,8,17H2,1-2H3,(H,19,20)/t9-,11+/m1/s1. The minimum Gasteiger partial charge on any atom is -0.481 e. The lowest BCUT2D eigenvalue weighted by Crippen LogP contribution is -2.48. The van der Waals surface area contributed by atoms with Crippen molar-refractivity contribution in [2.24, 2.45) is 5.73 Å². The summed E-state index contributed by atoms with van der Waals surface area (Å²) in [5.41, 5.74) is 6.11. The molecule has 0 unspecified atom stereocenters. The van der Waals surface area contributed by atoms with Crippen LogP contribution in [-0.4, -0.2) is 53.6 Å². The molecule has 0 saturated carbocycles. The summed E-state index contributed by atoms with van der Waals surface area (Å²) >= 11 is 0. The Morgan fingerprint density at radius 1 is 1.29 bits per heavy atom. The maximum Gasteiger partial charge on any atom is 0.303 e. The van der Waals surface area contributed by atoms with Crippen LogP contribution in [0.25, 0.3) is 0 Å². The van der Waals surface area contributed by atoms with Crippen molar-refractivity contribution in [2.45, 2.75) is 31.8 Å². The highest BCUT2D eigenvalue weighted by Gasteiger charge is 2.28. The second-order valence-electron chi connectivity index (χ2n) is 5.60. The molecule has 8 heteroatoms. The van der Waals surface area contributed by atoms with Crippen molar-refractivity contribution in [3.8, 4) is 11.5 Å². The molecule has 0 spiro atoms. The normalized spacial score (nSPS) is 14.8. The Morgan fingerprint density at radius 2 is 1.96 bits per heavy atom. The predicted octanol–water partition coefficient (Wildman–Crippen LogP) is 0.637. The van der Waals surface area contributed by atoms with Gasteiger partial charge in [-0.2, -0.15) is 0 Å². The zero-order valence-corrected chi connectivity index (χ0v) is 13.5. The molecule has 0 aliphatic carbocycles. The Hall–Kier alpha value is -2.61. The highest BCUT2D eigenvalue weighted by atomic mass is 16.7. The Bertz CT molecular complexity index is 660. The monoisotopic (exact) mass is 336 g/mol. The number of Topliss-reactive ketones (excluding diaryl/α,β-unsaturated/α-hetero) is 1. The van der Waals surface area contributed by atoms with Crippen LogP contribution in [0.15, 0.2) is 18.2 Å². The van der Waals surface area contributed by atoms with Crippen molar-refractivity contribution in [3.63, 3.8) is 0 Å². The third-order valence-electron chi connectivity index (χ3n) is 3.95. The van der Waals surface area contributed by atoms with E-state index in [0.29, 0.717) is 17.1 Å². The van der Waals surface area contributed by atoms with Gasteiger partial charge in [-0.3, -0.25) is 14.4 Å². The summed E-state index contributed by atoms with van der Waals surface area (Å²) in [5, 5.41) is 8.65. The summed E-state index contributed by atoms with van der Waals surface area (Å²) in [4.78, 5) is 36.6. The number of nitrogens with two attached hydrogens (primary N) is 1. The van der Waals surface area contributed by atoms with E-state index in [-0.39, 0.29) is 25.4 Å². The Labute approximate surface area is 139 Å². The van der Waals surface area contributed by atoms with Gasteiger partial charge in [-0.05, 0) is 31.5 Å². The number of ether oxygens (including phenoxy) is 2. The van der Waals surface area contributed by atoms with Crippen molar-refractivity contribution < 1.29 is 29.0 Å². The number of amides is 1. The number of nitrogens with zero attached hydrogens (tertiary/aromatic N) is 1. The molecule has 1 aliphatic heterocycles. The molecule has 2 atom stereocenters. The van der Waals surface area contributed by atoms with Gasteiger partial charge in [0.1, 0.15) is 0 Å².